The fourth-order valence-electron chi connectivity index (χ4n) is 5.11. The van der Waals surface area contributed by atoms with Gasteiger partial charge >= 0.3 is 6.09 Å². The Morgan fingerprint density at radius 3 is 2.62 bits per heavy atom. The van der Waals surface area contributed by atoms with Crippen LogP contribution in [0.4, 0.5) is 16.2 Å². The molecule has 0 aliphatic carbocycles. The lowest BCUT2D eigenvalue weighted by molar-refractivity contribution is 0.215. The van der Waals surface area contributed by atoms with Crippen LogP contribution in [0.5, 0.6) is 17.2 Å². The van der Waals surface area contributed by atoms with Crippen molar-refractivity contribution in [2.24, 2.45) is 0 Å². The maximum Gasteiger partial charge on any atom is 0.417 e. The first-order valence-electron chi connectivity index (χ1n) is 11.4. The summed E-state index contributed by atoms with van der Waals surface area (Å²) in [5, 5.41) is 6.44. The normalized spacial score (nSPS) is 20.4. The summed E-state index contributed by atoms with van der Waals surface area (Å²) in [6.07, 6.45) is 0.674. The maximum atomic E-state index is 12.6. The van der Waals surface area contributed by atoms with Crippen molar-refractivity contribution in [1.82, 2.24) is 5.32 Å². The van der Waals surface area contributed by atoms with E-state index in [0.29, 0.717) is 22.9 Å². The van der Waals surface area contributed by atoms with Crippen LogP contribution in [0.3, 0.4) is 0 Å². The smallest absolute Gasteiger partial charge is 0.417 e. The molecule has 1 fully saturated rings. The molecule has 2 aliphatic heterocycles. The van der Waals surface area contributed by atoms with Crippen LogP contribution < -0.4 is 29.7 Å². The Labute approximate surface area is 199 Å². The number of methoxy groups -OCH3 is 2. The topological polar surface area (TPSA) is 72.1 Å². The number of nitrogens with one attached hydrogen (secondary N) is 2. The number of carbonyl (C=O) groups is 1. The van der Waals surface area contributed by atoms with E-state index in [1.54, 1.807) is 32.4 Å². The molecule has 3 aromatic carbocycles. The highest BCUT2D eigenvalue weighted by molar-refractivity contribution is 5.87. The zero-order valence-corrected chi connectivity index (χ0v) is 19.6. The maximum absolute atomic E-state index is 12.6. The summed E-state index contributed by atoms with van der Waals surface area (Å²) in [7, 11) is 3.12. The molecule has 0 saturated carbocycles. The molecule has 2 heterocycles. The van der Waals surface area contributed by atoms with Gasteiger partial charge in [-0.2, -0.15) is 0 Å². The van der Waals surface area contributed by atoms with Crippen molar-refractivity contribution in [3.8, 4) is 17.2 Å². The highest BCUT2D eigenvalue weighted by Gasteiger charge is 2.50. The lowest BCUT2D eigenvalue weighted by Crippen LogP contribution is -2.46. The zero-order chi connectivity index (χ0) is 23.7. The van der Waals surface area contributed by atoms with E-state index >= 15 is 0 Å². The average Bonchev–Trinajstić information content (AvgIpc) is 3.34. The monoisotopic (exact) mass is 459 g/mol. The van der Waals surface area contributed by atoms with Crippen LogP contribution >= 0.6 is 0 Å². The number of hydrogen-bond acceptors (Lipinski definition) is 6. The van der Waals surface area contributed by atoms with Gasteiger partial charge in [0.2, 0.25) is 0 Å². The molecule has 7 heteroatoms. The Morgan fingerprint density at radius 2 is 1.85 bits per heavy atom. The third-order valence-electron chi connectivity index (χ3n) is 6.83. The van der Waals surface area contributed by atoms with Crippen molar-refractivity contribution in [2.45, 2.75) is 31.5 Å². The number of benzene rings is 3. The van der Waals surface area contributed by atoms with E-state index in [-0.39, 0.29) is 11.6 Å². The largest absolute Gasteiger partial charge is 0.493 e. The van der Waals surface area contributed by atoms with E-state index in [9.17, 15) is 4.79 Å². The summed E-state index contributed by atoms with van der Waals surface area (Å²) < 4.78 is 16.2. The Morgan fingerprint density at radius 1 is 1.06 bits per heavy atom. The first-order valence-corrected chi connectivity index (χ1v) is 11.4. The van der Waals surface area contributed by atoms with Crippen LogP contribution in [0.1, 0.15) is 24.5 Å². The number of ether oxygens (including phenoxy) is 3. The Kier molecular flexibility index (Phi) is 5.79. The summed E-state index contributed by atoms with van der Waals surface area (Å²) >= 11 is 0. The van der Waals surface area contributed by atoms with E-state index in [1.165, 1.54) is 16.8 Å². The van der Waals surface area contributed by atoms with Gasteiger partial charge in [-0.3, -0.25) is 10.6 Å². The van der Waals surface area contributed by atoms with E-state index in [2.05, 4.69) is 52.8 Å². The van der Waals surface area contributed by atoms with Gasteiger partial charge in [0, 0.05) is 29.4 Å². The fourth-order valence-corrected chi connectivity index (χ4v) is 5.11. The lowest BCUT2D eigenvalue weighted by Gasteiger charge is -2.31. The summed E-state index contributed by atoms with van der Waals surface area (Å²) in [5.74, 6) is 1.64. The number of amides is 1. The van der Waals surface area contributed by atoms with Crippen LogP contribution in [-0.2, 0) is 12.0 Å². The third kappa shape index (κ3) is 3.92. The quantitative estimate of drug-likeness (QED) is 0.546. The minimum Gasteiger partial charge on any atom is -0.493 e. The highest BCUT2D eigenvalue weighted by atomic mass is 16.6. The number of fused-ring (bicyclic) bond motifs is 3. The first kappa shape index (κ1) is 22.1. The highest BCUT2D eigenvalue weighted by Crippen LogP contribution is 2.50. The molecule has 0 aromatic heterocycles. The SMILES string of the molecule is COc1ccc(NC(=O)Oc2ccc3c(c2)[C@]2(C)CCNC2N3Cc2ccccc2)cc1OC. The molecule has 1 saturated heterocycles. The Hall–Kier alpha value is -3.71. The molecular weight excluding hydrogens is 430 g/mol. The summed E-state index contributed by atoms with van der Waals surface area (Å²) in [4.78, 5) is 15.0. The van der Waals surface area contributed by atoms with Crippen molar-refractivity contribution in [3.63, 3.8) is 0 Å². The van der Waals surface area contributed by atoms with Crippen LogP contribution in [0.15, 0.2) is 66.7 Å². The minimum atomic E-state index is -0.558. The third-order valence-corrected chi connectivity index (χ3v) is 6.83. The molecule has 2 aliphatic rings. The molecule has 1 unspecified atom stereocenters. The summed E-state index contributed by atoms with van der Waals surface area (Å²) in [5.41, 5.74) is 4.15. The molecule has 3 aromatic rings. The fraction of sp³-hybridized carbons (Fsp3) is 0.296. The van der Waals surface area contributed by atoms with Crippen molar-refractivity contribution >= 4 is 17.5 Å². The number of rotatable bonds is 6. The molecule has 176 valence electrons. The molecule has 2 N–H and O–H groups in total. The lowest BCUT2D eigenvalue weighted by atomic mass is 9.81. The van der Waals surface area contributed by atoms with Crippen molar-refractivity contribution in [1.29, 1.82) is 0 Å². The van der Waals surface area contributed by atoms with Gasteiger partial charge in [-0.1, -0.05) is 37.3 Å². The van der Waals surface area contributed by atoms with E-state index in [4.69, 9.17) is 14.2 Å². The van der Waals surface area contributed by atoms with E-state index in [1.807, 2.05) is 18.2 Å². The second-order valence-electron chi connectivity index (χ2n) is 8.90. The van der Waals surface area contributed by atoms with Crippen LogP contribution in [-0.4, -0.2) is 33.0 Å². The molecule has 0 spiro atoms. The Bertz CT molecular complexity index is 1200. The van der Waals surface area contributed by atoms with Gasteiger partial charge < -0.3 is 19.1 Å². The second-order valence-corrected chi connectivity index (χ2v) is 8.90. The summed E-state index contributed by atoms with van der Waals surface area (Å²) in [6, 6.07) is 21.6. The molecule has 2 atom stereocenters. The molecule has 0 radical (unpaired) electrons. The van der Waals surface area contributed by atoms with Crippen LogP contribution in [0.25, 0.3) is 0 Å². The van der Waals surface area contributed by atoms with Crippen molar-refractivity contribution in [3.05, 3.63) is 77.9 Å². The molecular formula is C27H29N3O4. The van der Waals surface area contributed by atoms with Crippen LogP contribution in [0.2, 0.25) is 0 Å². The predicted molar refractivity (Wildman–Crippen MR) is 132 cm³/mol. The van der Waals surface area contributed by atoms with Gasteiger partial charge in [0.1, 0.15) is 5.75 Å². The predicted octanol–water partition coefficient (Wildman–Crippen LogP) is 4.91. The van der Waals surface area contributed by atoms with Gasteiger partial charge in [-0.15, -0.1) is 0 Å². The Balaban J connectivity index is 1.36. The number of nitrogens with zero attached hydrogens (tertiary/aromatic N) is 1. The van der Waals surface area contributed by atoms with Crippen molar-refractivity contribution < 1.29 is 19.0 Å². The van der Waals surface area contributed by atoms with Gasteiger partial charge in [-0.05, 0) is 54.4 Å². The summed E-state index contributed by atoms with van der Waals surface area (Å²) in [6.45, 7) is 4.06. The molecule has 5 rings (SSSR count). The van der Waals surface area contributed by atoms with E-state index < -0.39 is 6.09 Å². The zero-order valence-electron chi connectivity index (χ0n) is 19.6. The molecule has 34 heavy (non-hydrogen) atoms. The average molecular weight is 460 g/mol. The second kappa shape index (κ2) is 8.91. The van der Waals surface area contributed by atoms with Gasteiger partial charge in [-0.25, -0.2) is 4.79 Å². The standard InChI is InChI=1S/C27H29N3O4/c1-27-13-14-28-25(27)30(17-18-7-5-4-6-8-18)22-11-10-20(16-21(22)27)34-26(31)29-19-9-12-23(32-2)24(15-19)33-3/h4-12,15-16,25,28H,13-14,17H2,1-3H3,(H,29,31)/t25?,27-/m0/s1. The number of carbonyl (C=O) groups excluding carboxylic acids is 1. The first-order chi connectivity index (χ1) is 16.5. The van der Waals surface area contributed by atoms with Crippen molar-refractivity contribution in [2.75, 3.05) is 31.0 Å². The molecule has 0 bridgehead atoms. The van der Waals surface area contributed by atoms with Gasteiger partial charge in [0.15, 0.2) is 11.5 Å². The molecule has 7 nitrogen and oxygen atoms in total. The van der Waals surface area contributed by atoms with Crippen LogP contribution in [0, 0.1) is 0 Å². The number of hydrogen-bond donors (Lipinski definition) is 2. The minimum absolute atomic E-state index is 0.0523. The van der Waals surface area contributed by atoms with E-state index in [0.717, 1.165) is 19.5 Å². The molecule has 1 amide bonds. The number of anilines is 2. The van der Waals surface area contributed by atoms with Gasteiger partial charge in [0.05, 0.1) is 20.4 Å². The van der Waals surface area contributed by atoms with Gasteiger partial charge in [0.25, 0.3) is 0 Å².